The number of aromatic nitrogens is 1. The molecular formula is C17H23N3. The molecule has 0 spiro atoms. The van der Waals surface area contributed by atoms with E-state index in [1.807, 2.05) is 6.07 Å². The SMILES string of the molecule is CCCNC(CCc1ccccc1)c1cccnc1N. The van der Waals surface area contributed by atoms with Crippen molar-refractivity contribution in [2.24, 2.45) is 0 Å². The van der Waals surface area contributed by atoms with Gasteiger partial charge in [0.05, 0.1) is 0 Å². The minimum Gasteiger partial charge on any atom is -0.383 e. The zero-order valence-electron chi connectivity index (χ0n) is 12.0. The van der Waals surface area contributed by atoms with Crippen molar-refractivity contribution >= 4 is 5.82 Å². The van der Waals surface area contributed by atoms with Crippen LogP contribution < -0.4 is 11.1 Å². The molecule has 0 radical (unpaired) electrons. The molecule has 1 atom stereocenters. The van der Waals surface area contributed by atoms with E-state index in [1.165, 1.54) is 5.56 Å². The number of anilines is 1. The zero-order valence-corrected chi connectivity index (χ0v) is 12.0. The van der Waals surface area contributed by atoms with Gasteiger partial charge in [-0.25, -0.2) is 4.98 Å². The lowest BCUT2D eigenvalue weighted by Gasteiger charge is -2.20. The van der Waals surface area contributed by atoms with Crippen molar-refractivity contribution in [2.45, 2.75) is 32.2 Å². The molecule has 0 aliphatic heterocycles. The van der Waals surface area contributed by atoms with E-state index in [-0.39, 0.29) is 6.04 Å². The lowest BCUT2D eigenvalue weighted by Crippen LogP contribution is -2.24. The highest BCUT2D eigenvalue weighted by molar-refractivity contribution is 5.41. The zero-order chi connectivity index (χ0) is 14.2. The molecule has 2 rings (SSSR count). The second kappa shape index (κ2) is 7.65. The van der Waals surface area contributed by atoms with Crippen molar-refractivity contribution in [3.63, 3.8) is 0 Å². The number of nitrogens with one attached hydrogen (secondary N) is 1. The van der Waals surface area contributed by atoms with E-state index < -0.39 is 0 Å². The Labute approximate surface area is 121 Å². The number of pyridine rings is 1. The van der Waals surface area contributed by atoms with Crippen LogP contribution in [-0.2, 0) is 6.42 Å². The van der Waals surface area contributed by atoms with Crippen molar-refractivity contribution < 1.29 is 0 Å². The van der Waals surface area contributed by atoms with Crippen LogP contribution in [0.15, 0.2) is 48.7 Å². The quantitative estimate of drug-likeness (QED) is 0.810. The predicted molar refractivity (Wildman–Crippen MR) is 84.4 cm³/mol. The van der Waals surface area contributed by atoms with E-state index in [4.69, 9.17) is 5.73 Å². The molecule has 1 unspecified atom stereocenters. The summed E-state index contributed by atoms with van der Waals surface area (Å²) in [4.78, 5) is 4.20. The third-order valence-corrected chi connectivity index (χ3v) is 3.45. The first kappa shape index (κ1) is 14.5. The molecule has 3 N–H and O–H groups in total. The fourth-order valence-electron chi connectivity index (χ4n) is 2.37. The minimum atomic E-state index is 0.267. The van der Waals surface area contributed by atoms with E-state index in [2.05, 4.69) is 53.6 Å². The molecule has 0 aliphatic carbocycles. The standard InChI is InChI=1S/C17H23N3/c1-2-12-19-16(15-9-6-13-20-17(15)18)11-10-14-7-4-3-5-8-14/h3-9,13,16,19H,2,10-12H2,1H3,(H2,18,20). The van der Waals surface area contributed by atoms with Crippen LogP contribution in [0.5, 0.6) is 0 Å². The molecule has 0 saturated heterocycles. The average molecular weight is 269 g/mol. The van der Waals surface area contributed by atoms with E-state index in [0.717, 1.165) is 31.4 Å². The molecule has 0 saturated carbocycles. The van der Waals surface area contributed by atoms with Gasteiger partial charge in [-0.2, -0.15) is 0 Å². The number of hydrogen-bond donors (Lipinski definition) is 2. The monoisotopic (exact) mass is 269 g/mol. The Morgan fingerprint density at radius 2 is 1.95 bits per heavy atom. The van der Waals surface area contributed by atoms with Crippen LogP contribution in [0.1, 0.15) is 36.9 Å². The molecule has 0 amide bonds. The Bertz CT molecular complexity index is 511. The number of benzene rings is 1. The van der Waals surface area contributed by atoms with Crippen LogP contribution in [0, 0.1) is 0 Å². The molecule has 1 aromatic carbocycles. The highest BCUT2D eigenvalue weighted by Gasteiger charge is 2.13. The number of nitrogens with zero attached hydrogens (tertiary/aromatic N) is 1. The molecule has 0 aliphatic rings. The molecule has 106 valence electrons. The third-order valence-electron chi connectivity index (χ3n) is 3.45. The van der Waals surface area contributed by atoms with Gasteiger partial charge in [-0.15, -0.1) is 0 Å². The van der Waals surface area contributed by atoms with E-state index in [9.17, 15) is 0 Å². The summed E-state index contributed by atoms with van der Waals surface area (Å²) < 4.78 is 0. The van der Waals surface area contributed by atoms with Crippen LogP contribution in [0.25, 0.3) is 0 Å². The maximum absolute atomic E-state index is 6.01. The van der Waals surface area contributed by atoms with Crippen LogP contribution >= 0.6 is 0 Å². The fraction of sp³-hybridized carbons (Fsp3) is 0.353. The van der Waals surface area contributed by atoms with Gasteiger partial charge in [-0.3, -0.25) is 0 Å². The third kappa shape index (κ3) is 4.07. The molecule has 20 heavy (non-hydrogen) atoms. The molecule has 1 heterocycles. The summed E-state index contributed by atoms with van der Waals surface area (Å²) in [6, 6.07) is 14.9. The van der Waals surface area contributed by atoms with Crippen molar-refractivity contribution in [2.75, 3.05) is 12.3 Å². The number of nitrogens with two attached hydrogens (primary N) is 1. The van der Waals surface area contributed by atoms with Gasteiger partial charge in [-0.05, 0) is 37.4 Å². The lowest BCUT2D eigenvalue weighted by molar-refractivity contribution is 0.499. The summed E-state index contributed by atoms with van der Waals surface area (Å²) in [5.41, 5.74) is 8.48. The van der Waals surface area contributed by atoms with Crippen LogP contribution in [0.3, 0.4) is 0 Å². The van der Waals surface area contributed by atoms with Gasteiger partial charge in [0.15, 0.2) is 0 Å². The minimum absolute atomic E-state index is 0.267. The van der Waals surface area contributed by atoms with Gasteiger partial charge >= 0.3 is 0 Å². The van der Waals surface area contributed by atoms with Crippen LogP contribution in [-0.4, -0.2) is 11.5 Å². The molecular weight excluding hydrogens is 246 g/mol. The molecule has 1 aromatic heterocycles. The average Bonchev–Trinajstić information content (AvgIpc) is 2.49. The van der Waals surface area contributed by atoms with Gasteiger partial charge < -0.3 is 11.1 Å². The van der Waals surface area contributed by atoms with E-state index in [1.54, 1.807) is 6.20 Å². The van der Waals surface area contributed by atoms with Crippen molar-refractivity contribution in [3.05, 3.63) is 59.8 Å². The first-order valence-electron chi connectivity index (χ1n) is 7.29. The Hall–Kier alpha value is -1.87. The fourth-order valence-corrected chi connectivity index (χ4v) is 2.37. The summed E-state index contributed by atoms with van der Waals surface area (Å²) in [6.07, 6.45) is 4.92. The predicted octanol–water partition coefficient (Wildman–Crippen LogP) is 3.34. The van der Waals surface area contributed by atoms with Gasteiger partial charge in [0.25, 0.3) is 0 Å². The molecule has 0 bridgehead atoms. The van der Waals surface area contributed by atoms with Crippen LogP contribution in [0.2, 0.25) is 0 Å². The Balaban J connectivity index is 2.06. The summed E-state index contributed by atoms with van der Waals surface area (Å²) in [5, 5.41) is 3.58. The number of nitrogen functional groups attached to an aromatic ring is 1. The van der Waals surface area contributed by atoms with Crippen molar-refractivity contribution in [1.29, 1.82) is 0 Å². The number of rotatable bonds is 7. The van der Waals surface area contributed by atoms with Gasteiger partial charge in [0, 0.05) is 17.8 Å². The maximum atomic E-state index is 6.01. The molecule has 0 fully saturated rings. The van der Waals surface area contributed by atoms with Crippen molar-refractivity contribution in [3.8, 4) is 0 Å². The smallest absolute Gasteiger partial charge is 0.128 e. The Morgan fingerprint density at radius 1 is 1.15 bits per heavy atom. The molecule has 3 heteroatoms. The maximum Gasteiger partial charge on any atom is 0.128 e. The van der Waals surface area contributed by atoms with Crippen LogP contribution in [0.4, 0.5) is 5.82 Å². The van der Waals surface area contributed by atoms with E-state index in [0.29, 0.717) is 5.82 Å². The van der Waals surface area contributed by atoms with E-state index >= 15 is 0 Å². The van der Waals surface area contributed by atoms with Gasteiger partial charge in [0.1, 0.15) is 5.82 Å². The second-order valence-corrected chi connectivity index (χ2v) is 5.01. The summed E-state index contributed by atoms with van der Waals surface area (Å²) in [6.45, 7) is 3.17. The van der Waals surface area contributed by atoms with Gasteiger partial charge in [0.2, 0.25) is 0 Å². The molecule has 3 nitrogen and oxygen atoms in total. The first-order valence-corrected chi connectivity index (χ1v) is 7.29. The number of hydrogen-bond acceptors (Lipinski definition) is 3. The normalized spacial score (nSPS) is 12.2. The number of aryl methyl sites for hydroxylation is 1. The largest absolute Gasteiger partial charge is 0.383 e. The highest BCUT2D eigenvalue weighted by atomic mass is 14.9. The highest BCUT2D eigenvalue weighted by Crippen LogP contribution is 2.23. The topological polar surface area (TPSA) is 50.9 Å². The Morgan fingerprint density at radius 3 is 2.65 bits per heavy atom. The van der Waals surface area contributed by atoms with Crippen molar-refractivity contribution in [1.82, 2.24) is 10.3 Å². The first-order chi connectivity index (χ1) is 9.81. The van der Waals surface area contributed by atoms with Gasteiger partial charge in [-0.1, -0.05) is 43.3 Å². The summed E-state index contributed by atoms with van der Waals surface area (Å²) >= 11 is 0. The molecule has 2 aromatic rings. The summed E-state index contributed by atoms with van der Waals surface area (Å²) in [7, 11) is 0. The Kier molecular flexibility index (Phi) is 5.56. The lowest BCUT2D eigenvalue weighted by atomic mass is 9.99. The second-order valence-electron chi connectivity index (χ2n) is 5.01. The summed E-state index contributed by atoms with van der Waals surface area (Å²) in [5.74, 6) is 0.633.